The summed E-state index contributed by atoms with van der Waals surface area (Å²) in [7, 11) is 0. The van der Waals surface area contributed by atoms with Gasteiger partial charge >= 0.3 is 0 Å². The number of nitriles is 1. The predicted octanol–water partition coefficient (Wildman–Crippen LogP) is 7.41. The molecular weight excluding hydrogens is 455 g/mol. The van der Waals surface area contributed by atoms with Gasteiger partial charge in [-0.15, -0.1) is 11.3 Å². The van der Waals surface area contributed by atoms with Crippen molar-refractivity contribution in [2.75, 3.05) is 5.32 Å². The van der Waals surface area contributed by atoms with Crippen LogP contribution in [0.25, 0.3) is 6.08 Å². The molecule has 0 aliphatic carbocycles. The highest BCUT2D eigenvalue weighted by molar-refractivity contribution is 8.01. The minimum Gasteiger partial charge on any atom is -0.320 e. The van der Waals surface area contributed by atoms with Gasteiger partial charge in [0.15, 0.2) is 0 Å². The lowest BCUT2D eigenvalue weighted by atomic mass is 10.2. The van der Waals surface area contributed by atoms with E-state index in [-0.39, 0.29) is 5.57 Å². The van der Waals surface area contributed by atoms with Crippen molar-refractivity contribution in [1.82, 2.24) is 0 Å². The fourth-order valence-corrected chi connectivity index (χ4v) is 4.80. The fraction of sp³-hybridized carbons (Fsp3) is 0. The second kappa shape index (κ2) is 9.51. The van der Waals surface area contributed by atoms with Crippen molar-refractivity contribution in [3.05, 3.63) is 80.1 Å². The van der Waals surface area contributed by atoms with Crippen molar-refractivity contribution in [2.45, 2.75) is 9.10 Å². The predicted molar refractivity (Wildman–Crippen MR) is 119 cm³/mol. The Morgan fingerprint density at radius 1 is 1.04 bits per heavy atom. The lowest BCUT2D eigenvalue weighted by Crippen LogP contribution is -2.13. The van der Waals surface area contributed by atoms with E-state index in [1.165, 1.54) is 17.4 Å². The zero-order valence-electron chi connectivity index (χ0n) is 14.1. The first-order chi connectivity index (χ1) is 13.4. The monoisotopic (exact) mass is 464 g/mol. The lowest BCUT2D eigenvalue weighted by Gasteiger charge is -2.06. The largest absolute Gasteiger partial charge is 0.320 e. The third-order valence-corrected chi connectivity index (χ3v) is 6.44. The van der Waals surface area contributed by atoms with Gasteiger partial charge in [0.1, 0.15) is 11.6 Å². The molecule has 0 bridgehead atoms. The summed E-state index contributed by atoms with van der Waals surface area (Å²) in [5, 5.41) is 13.4. The smallest absolute Gasteiger partial charge is 0.266 e. The SMILES string of the molecule is N#C/C(=C/c1ccc(Sc2ccc(Cl)cc2)s1)C(=O)Nc1ccc(Cl)cc1Cl. The van der Waals surface area contributed by atoms with Gasteiger partial charge in [0, 0.05) is 19.8 Å². The van der Waals surface area contributed by atoms with E-state index in [0.717, 1.165) is 14.0 Å². The molecule has 1 amide bonds. The molecule has 1 N–H and O–H groups in total. The number of benzene rings is 2. The van der Waals surface area contributed by atoms with Gasteiger partial charge in [-0.1, -0.05) is 46.6 Å². The van der Waals surface area contributed by atoms with Gasteiger partial charge in [0.05, 0.1) is 14.9 Å². The number of hydrogen-bond donors (Lipinski definition) is 1. The van der Waals surface area contributed by atoms with Gasteiger partial charge in [0.25, 0.3) is 5.91 Å². The van der Waals surface area contributed by atoms with Crippen LogP contribution in [0.5, 0.6) is 0 Å². The van der Waals surface area contributed by atoms with Crippen molar-refractivity contribution >= 4 is 75.6 Å². The number of nitrogens with zero attached hydrogens (tertiary/aromatic N) is 1. The third kappa shape index (κ3) is 5.54. The summed E-state index contributed by atoms with van der Waals surface area (Å²) in [6.45, 7) is 0. The summed E-state index contributed by atoms with van der Waals surface area (Å²) in [6.07, 6.45) is 1.55. The average Bonchev–Trinajstić information content (AvgIpc) is 3.11. The Morgan fingerprint density at radius 3 is 2.43 bits per heavy atom. The molecule has 3 nitrogen and oxygen atoms in total. The number of carbonyl (C=O) groups excluding carboxylic acids is 1. The highest BCUT2D eigenvalue weighted by Crippen LogP contribution is 2.34. The molecule has 0 aliphatic rings. The molecule has 3 rings (SSSR count). The molecule has 1 heterocycles. The molecule has 140 valence electrons. The molecule has 8 heteroatoms. The first-order valence-electron chi connectivity index (χ1n) is 7.86. The number of amides is 1. The van der Waals surface area contributed by atoms with Gasteiger partial charge in [-0.3, -0.25) is 4.79 Å². The quantitative estimate of drug-likeness (QED) is 0.315. The van der Waals surface area contributed by atoms with Crippen LogP contribution in [0.2, 0.25) is 15.1 Å². The number of carbonyl (C=O) groups is 1. The topological polar surface area (TPSA) is 52.9 Å². The van der Waals surface area contributed by atoms with Crippen molar-refractivity contribution in [3.8, 4) is 6.07 Å². The summed E-state index contributed by atoms with van der Waals surface area (Å²) in [4.78, 5) is 14.3. The van der Waals surface area contributed by atoms with Crippen molar-refractivity contribution in [2.24, 2.45) is 0 Å². The van der Waals surface area contributed by atoms with Gasteiger partial charge < -0.3 is 5.32 Å². The Bertz CT molecular complexity index is 1090. The van der Waals surface area contributed by atoms with E-state index >= 15 is 0 Å². The third-order valence-electron chi connectivity index (χ3n) is 3.47. The van der Waals surface area contributed by atoms with E-state index < -0.39 is 5.91 Å². The van der Waals surface area contributed by atoms with Crippen molar-refractivity contribution in [1.29, 1.82) is 5.26 Å². The number of thiophene rings is 1. The minimum absolute atomic E-state index is 0.0177. The molecule has 28 heavy (non-hydrogen) atoms. The number of rotatable bonds is 5. The normalized spacial score (nSPS) is 11.1. The van der Waals surface area contributed by atoms with Crippen LogP contribution in [0.4, 0.5) is 5.69 Å². The van der Waals surface area contributed by atoms with Gasteiger partial charge in [-0.2, -0.15) is 5.26 Å². The second-order valence-electron chi connectivity index (χ2n) is 5.46. The zero-order valence-corrected chi connectivity index (χ0v) is 18.0. The van der Waals surface area contributed by atoms with E-state index in [9.17, 15) is 10.1 Å². The van der Waals surface area contributed by atoms with E-state index in [1.54, 1.807) is 30.0 Å². The maximum Gasteiger partial charge on any atom is 0.266 e. The Labute approximate surface area is 185 Å². The molecule has 0 atom stereocenters. The molecular formula is C20H11Cl3N2OS2. The standard InChI is InChI=1S/C20H11Cl3N2OS2/c21-13-1-4-15(5-2-13)27-19-8-6-16(28-19)9-12(11-24)20(26)25-18-7-3-14(22)10-17(18)23/h1-10H,(H,25,26)/b12-9-. The van der Waals surface area contributed by atoms with Crippen LogP contribution in [0.1, 0.15) is 4.88 Å². The number of hydrogen-bond acceptors (Lipinski definition) is 4. The first-order valence-corrected chi connectivity index (χ1v) is 10.6. The van der Waals surface area contributed by atoms with Crippen LogP contribution >= 0.6 is 57.9 Å². The maximum atomic E-state index is 12.4. The fourth-order valence-electron chi connectivity index (χ4n) is 2.16. The Morgan fingerprint density at radius 2 is 1.75 bits per heavy atom. The summed E-state index contributed by atoms with van der Waals surface area (Å²) in [6, 6.07) is 18.0. The van der Waals surface area contributed by atoms with Crippen LogP contribution in [0.3, 0.4) is 0 Å². The van der Waals surface area contributed by atoms with E-state index in [0.29, 0.717) is 20.8 Å². The molecule has 0 saturated carbocycles. The van der Waals surface area contributed by atoms with Crippen molar-refractivity contribution < 1.29 is 4.79 Å². The lowest BCUT2D eigenvalue weighted by molar-refractivity contribution is -0.112. The molecule has 0 aliphatic heterocycles. The van der Waals surface area contributed by atoms with E-state index in [4.69, 9.17) is 34.8 Å². The number of anilines is 1. The molecule has 0 saturated heterocycles. The van der Waals surface area contributed by atoms with Crippen LogP contribution in [-0.2, 0) is 4.79 Å². The van der Waals surface area contributed by atoms with Crippen LogP contribution in [0, 0.1) is 11.3 Å². The summed E-state index contributed by atoms with van der Waals surface area (Å²) in [5.41, 5.74) is 0.373. The molecule has 0 spiro atoms. The first kappa shape index (κ1) is 20.8. The average molecular weight is 466 g/mol. The maximum absolute atomic E-state index is 12.4. The minimum atomic E-state index is -0.535. The second-order valence-corrected chi connectivity index (χ2v) is 9.23. The summed E-state index contributed by atoms with van der Waals surface area (Å²) < 4.78 is 1.03. The Kier molecular flexibility index (Phi) is 7.06. The van der Waals surface area contributed by atoms with Gasteiger partial charge in [-0.25, -0.2) is 0 Å². The van der Waals surface area contributed by atoms with E-state index in [2.05, 4.69) is 5.32 Å². The number of halogens is 3. The highest BCUT2D eigenvalue weighted by Gasteiger charge is 2.12. The molecule has 1 aromatic heterocycles. The molecule has 0 unspecified atom stereocenters. The van der Waals surface area contributed by atoms with Crippen LogP contribution < -0.4 is 5.32 Å². The Balaban J connectivity index is 1.73. The molecule has 3 aromatic rings. The molecule has 0 fully saturated rings. The highest BCUT2D eigenvalue weighted by atomic mass is 35.5. The Hall–Kier alpha value is -1.94. The van der Waals surface area contributed by atoms with Gasteiger partial charge in [-0.05, 0) is 60.7 Å². The number of nitrogens with one attached hydrogen (secondary N) is 1. The molecule has 0 radical (unpaired) electrons. The van der Waals surface area contributed by atoms with Crippen LogP contribution in [0.15, 0.2) is 69.3 Å². The van der Waals surface area contributed by atoms with Crippen molar-refractivity contribution in [3.63, 3.8) is 0 Å². The van der Waals surface area contributed by atoms with Crippen LogP contribution in [-0.4, -0.2) is 5.91 Å². The van der Waals surface area contributed by atoms with Gasteiger partial charge in [0.2, 0.25) is 0 Å². The van der Waals surface area contributed by atoms with E-state index in [1.807, 2.05) is 42.5 Å². The summed E-state index contributed by atoms with van der Waals surface area (Å²) in [5.74, 6) is -0.535. The molecule has 2 aromatic carbocycles. The zero-order chi connectivity index (χ0) is 20.1. The summed E-state index contributed by atoms with van der Waals surface area (Å²) >= 11 is 20.9.